The van der Waals surface area contributed by atoms with Gasteiger partial charge in [-0.25, -0.2) is 0 Å². The Hall–Kier alpha value is -1.64. The van der Waals surface area contributed by atoms with Crippen molar-refractivity contribution in [2.45, 2.75) is 82.7 Å². The molecule has 2 saturated heterocycles. The van der Waals surface area contributed by atoms with E-state index in [2.05, 4.69) is 19.2 Å². The van der Waals surface area contributed by atoms with Crippen LogP contribution in [0.2, 0.25) is 0 Å². The van der Waals surface area contributed by atoms with Crippen LogP contribution in [0.4, 0.5) is 13.2 Å². The van der Waals surface area contributed by atoms with Crippen molar-refractivity contribution >= 4 is 5.91 Å². The van der Waals surface area contributed by atoms with Gasteiger partial charge >= 0.3 is 6.18 Å². The summed E-state index contributed by atoms with van der Waals surface area (Å²) in [4.78, 5) is 15.8. The zero-order valence-corrected chi connectivity index (χ0v) is 21.1. The Labute approximate surface area is 206 Å². The first kappa shape index (κ1) is 26.4. The van der Waals surface area contributed by atoms with Gasteiger partial charge in [0.1, 0.15) is 0 Å². The van der Waals surface area contributed by atoms with Gasteiger partial charge in [0.25, 0.3) is 0 Å². The van der Waals surface area contributed by atoms with E-state index in [4.69, 9.17) is 9.47 Å². The number of halogens is 3. The van der Waals surface area contributed by atoms with Crippen molar-refractivity contribution in [3.8, 4) is 0 Å². The highest BCUT2D eigenvalue weighted by Gasteiger charge is 2.50. The van der Waals surface area contributed by atoms with Crippen molar-refractivity contribution in [1.29, 1.82) is 0 Å². The number of ether oxygens (including phenoxy) is 2. The van der Waals surface area contributed by atoms with E-state index >= 15 is 0 Å². The molecule has 3 aliphatic rings. The Morgan fingerprint density at radius 1 is 1.20 bits per heavy atom. The van der Waals surface area contributed by atoms with Gasteiger partial charge in [-0.1, -0.05) is 32.0 Å². The normalized spacial score (nSPS) is 30.7. The number of hydrogen-bond acceptors (Lipinski definition) is 4. The number of benzene rings is 1. The summed E-state index contributed by atoms with van der Waals surface area (Å²) in [6.07, 6.45) is 0.612. The van der Waals surface area contributed by atoms with Crippen LogP contribution in [-0.4, -0.2) is 62.4 Å². The summed E-state index contributed by atoms with van der Waals surface area (Å²) < 4.78 is 50.6. The number of piperidine rings is 1. The number of carbonyl (C=O) groups is 1. The first-order valence-electron chi connectivity index (χ1n) is 13.0. The van der Waals surface area contributed by atoms with Crippen LogP contribution >= 0.6 is 0 Å². The maximum atomic E-state index is 13.9. The summed E-state index contributed by atoms with van der Waals surface area (Å²) in [5.74, 6) is 0.485. The maximum Gasteiger partial charge on any atom is 0.416 e. The number of methoxy groups -OCH3 is 1. The van der Waals surface area contributed by atoms with E-state index in [1.165, 1.54) is 12.1 Å². The molecule has 4 atom stereocenters. The Morgan fingerprint density at radius 3 is 2.60 bits per heavy atom. The summed E-state index contributed by atoms with van der Waals surface area (Å²) in [7, 11) is 1.72. The molecule has 2 aliphatic heterocycles. The van der Waals surface area contributed by atoms with Gasteiger partial charge < -0.3 is 19.7 Å². The van der Waals surface area contributed by atoms with Crippen molar-refractivity contribution in [3.05, 3.63) is 35.4 Å². The molecule has 1 aromatic carbocycles. The molecule has 1 N–H and O–H groups in total. The SMILES string of the molecule is COC1COCCC1N[C@@H]1CC[C@@](C(=O)N2CCC(c3cccc(C(F)(F)F)c3)CC2)(C(C)C)C1. The lowest BCUT2D eigenvalue weighted by Crippen LogP contribution is -2.52. The smallest absolute Gasteiger partial charge is 0.379 e. The van der Waals surface area contributed by atoms with E-state index in [9.17, 15) is 18.0 Å². The Kier molecular flexibility index (Phi) is 8.13. The number of nitrogens with zero attached hydrogens (tertiary/aromatic N) is 1. The van der Waals surface area contributed by atoms with E-state index < -0.39 is 17.2 Å². The molecule has 1 aliphatic carbocycles. The second kappa shape index (κ2) is 10.8. The van der Waals surface area contributed by atoms with Gasteiger partial charge in [-0.2, -0.15) is 13.2 Å². The van der Waals surface area contributed by atoms with Crippen LogP contribution in [0.25, 0.3) is 0 Å². The third-order valence-electron chi connectivity index (χ3n) is 8.60. The van der Waals surface area contributed by atoms with Gasteiger partial charge in [-0.15, -0.1) is 0 Å². The van der Waals surface area contributed by atoms with Crippen LogP contribution < -0.4 is 5.32 Å². The molecule has 35 heavy (non-hydrogen) atoms. The minimum atomic E-state index is -4.34. The van der Waals surface area contributed by atoms with Gasteiger partial charge in [0, 0.05) is 38.9 Å². The predicted molar refractivity (Wildman–Crippen MR) is 128 cm³/mol. The highest BCUT2D eigenvalue weighted by atomic mass is 19.4. The molecule has 0 spiro atoms. The molecule has 2 heterocycles. The van der Waals surface area contributed by atoms with Gasteiger partial charge in [0.2, 0.25) is 5.91 Å². The molecule has 3 fully saturated rings. The first-order valence-corrected chi connectivity index (χ1v) is 13.0. The molecule has 196 valence electrons. The van der Waals surface area contributed by atoms with Crippen LogP contribution in [0.5, 0.6) is 0 Å². The second-order valence-electron chi connectivity index (χ2n) is 10.9. The van der Waals surface area contributed by atoms with Crippen molar-refractivity contribution < 1.29 is 27.4 Å². The monoisotopic (exact) mass is 496 g/mol. The lowest BCUT2D eigenvalue weighted by molar-refractivity contribution is -0.146. The Balaban J connectivity index is 1.38. The summed E-state index contributed by atoms with van der Waals surface area (Å²) in [6, 6.07) is 6.17. The van der Waals surface area contributed by atoms with Crippen LogP contribution in [-0.2, 0) is 20.4 Å². The Bertz CT molecular complexity index is 869. The molecular formula is C27H39F3N2O3. The number of amides is 1. The van der Waals surface area contributed by atoms with Crippen molar-refractivity contribution in [2.24, 2.45) is 11.3 Å². The topological polar surface area (TPSA) is 50.8 Å². The largest absolute Gasteiger partial charge is 0.416 e. The zero-order valence-electron chi connectivity index (χ0n) is 21.1. The van der Waals surface area contributed by atoms with Crippen LogP contribution in [0.1, 0.15) is 69.4 Å². The number of rotatable bonds is 6. The third-order valence-corrected chi connectivity index (χ3v) is 8.60. The highest BCUT2D eigenvalue weighted by Crippen LogP contribution is 2.47. The molecule has 1 amide bonds. The average molecular weight is 497 g/mol. The van der Waals surface area contributed by atoms with Crippen LogP contribution in [0.15, 0.2) is 24.3 Å². The molecule has 8 heteroatoms. The fourth-order valence-electron chi connectivity index (χ4n) is 6.32. The van der Waals surface area contributed by atoms with Gasteiger partial charge in [0.05, 0.1) is 23.7 Å². The van der Waals surface area contributed by atoms with E-state index in [1.807, 2.05) is 4.90 Å². The molecule has 0 radical (unpaired) electrons. The van der Waals surface area contributed by atoms with Crippen LogP contribution in [0.3, 0.4) is 0 Å². The van der Waals surface area contributed by atoms with Gasteiger partial charge in [-0.05, 0) is 62.0 Å². The van der Waals surface area contributed by atoms with Crippen LogP contribution in [0, 0.1) is 11.3 Å². The lowest BCUT2D eigenvalue weighted by Gasteiger charge is -2.41. The van der Waals surface area contributed by atoms with Gasteiger partial charge in [-0.3, -0.25) is 4.79 Å². The first-order chi connectivity index (χ1) is 16.6. The standard InChI is InChI=1S/C27H39F3N2O3/c1-18(2)26(11-7-22(16-26)31-23-10-14-35-17-24(23)34-3)25(33)32-12-8-19(9-13-32)20-5-4-6-21(15-20)27(28,29)30/h4-6,15,18-19,22-24,31H,7-14,16-17H2,1-3H3/t22-,23?,24?,26+/m1/s1. The summed E-state index contributed by atoms with van der Waals surface area (Å²) >= 11 is 0. The third kappa shape index (κ3) is 5.70. The second-order valence-corrected chi connectivity index (χ2v) is 10.9. The molecule has 1 saturated carbocycles. The number of hydrogen-bond donors (Lipinski definition) is 1. The fraction of sp³-hybridized carbons (Fsp3) is 0.741. The van der Waals surface area contributed by atoms with E-state index in [0.717, 1.165) is 43.9 Å². The van der Waals surface area contributed by atoms with E-state index in [0.29, 0.717) is 32.5 Å². The number of carbonyl (C=O) groups excluding carboxylic acids is 1. The van der Waals surface area contributed by atoms with E-state index in [-0.39, 0.29) is 35.9 Å². The minimum absolute atomic E-state index is 0.0309. The van der Waals surface area contributed by atoms with Crippen molar-refractivity contribution in [1.82, 2.24) is 10.2 Å². The molecule has 4 rings (SSSR count). The molecule has 0 bridgehead atoms. The summed E-state index contributed by atoms with van der Waals surface area (Å²) in [6.45, 7) is 6.79. The van der Waals surface area contributed by atoms with Crippen molar-refractivity contribution in [2.75, 3.05) is 33.4 Å². The fourth-order valence-corrected chi connectivity index (χ4v) is 6.32. The minimum Gasteiger partial charge on any atom is -0.379 e. The lowest BCUT2D eigenvalue weighted by atomic mass is 9.73. The predicted octanol–water partition coefficient (Wildman–Crippen LogP) is 5.00. The summed E-state index contributed by atoms with van der Waals surface area (Å²) in [5.41, 5.74) is -0.272. The number of nitrogens with one attached hydrogen (secondary N) is 1. The molecule has 0 aromatic heterocycles. The zero-order chi connectivity index (χ0) is 25.2. The average Bonchev–Trinajstić information content (AvgIpc) is 3.29. The highest BCUT2D eigenvalue weighted by molar-refractivity contribution is 5.83. The number of likely N-dealkylation sites (tertiary alicyclic amines) is 1. The quantitative estimate of drug-likeness (QED) is 0.602. The molecular weight excluding hydrogens is 457 g/mol. The molecule has 5 nitrogen and oxygen atoms in total. The summed E-state index contributed by atoms with van der Waals surface area (Å²) in [5, 5.41) is 3.76. The maximum absolute atomic E-state index is 13.9. The van der Waals surface area contributed by atoms with Gasteiger partial charge in [0.15, 0.2) is 0 Å². The molecule has 2 unspecified atom stereocenters. The Morgan fingerprint density at radius 2 is 1.94 bits per heavy atom. The van der Waals surface area contributed by atoms with Crippen molar-refractivity contribution in [3.63, 3.8) is 0 Å². The molecule has 1 aromatic rings. The number of alkyl halides is 3. The van der Waals surface area contributed by atoms with E-state index in [1.54, 1.807) is 13.2 Å².